The number of aldehydes is 1. The van der Waals surface area contributed by atoms with Crippen molar-refractivity contribution in [3.63, 3.8) is 0 Å². The normalized spacial score (nSPS) is 10.0. The Morgan fingerprint density at radius 1 is 1.00 bits per heavy atom. The van der Waals surface area contributed by atoms with Crippen LogP contribution in [0, 0.1) is 20.8 Å². The summed E-state index contributed by atoms with van der Waals surface area (Å²) in [6.45, 7) is 17.0. The van der Waals surface area contributed by atoms with Crippen LogP contribution < -0.4 is 10.1 Å². The molecule has 2 aromatic rings. The average Bonchev–Trinajstić information content (AvgIpc) is 2.64. The van der Waals surface area contributed by atoms with Crippen molar-refractivity contribution in [3.05, 3.63) is 58.7 Å². The van der Waals surface area contributed by atoms with Crippen molar-refractivity contribution in [1.82, 2.24) is 0 Å². The van der Waals surface area contributed by atoms with Crippen LogP contribution in [0.3, 0.4) is 0 Å². The van der Waals surface area contributed by atoms with Crippen LogP contribution in [0.1, 0.15) is 63.3 Å². The van der Waals surface area contributed by atoms with E-state index < -0.39 is 0 Å². The Labute approximate surface area is 172 Å². The third kappa shape index (κ3) is 8.16. The summed E-state index contributed by atoms with van der Waals surface area (Å²) in [6.07, 6.45) is 1.49. The van der Waals surface area contributed by atoms with Crippen LogP contribution in [-0.4, -0.2) is 19.9 Å². The lowest BCUT2D eigenvalue weighted by molar-refractivity contribution is -0.108. The molecule has 156 valence electrons. The van der Waals surface area contributed by atoms with Crippen molar-refractivity contribution in [2.45, 2.75) is 67.2 Å². The molecule has 0 atom stereocenters. The quantitative estimate of drug-likeness (QED) is 0.567. The highest BCUT2D eigenvalue weighted by Gasteiger charge is 2.26. The van der Waals surface area contributed by atoms with Crippen molar-refractivity contribution in [2.75, 3.05) is 19.0 Å². The van der Waals surface area contributed by atoms with Gasteiger partial charge in [0.25, 0.3) is 0 Å². The van der Waals surface area contributed by atoms with Gasteiger partial charge >= 0.3 is 0 Å². The molecule has 0 heterocycles. The lowest BCUT2D eigenvalue weighted by atomic mass is 9.78. The predicted molar refractivity (Wildman–Crippen MR) is 123 cm³/mol. The molecule has 0 saturated carbocycles. The second-order valence-electron chi connectivity index (χ2n) is 7.26. The van der Waals surface area contributed by atoms with E-state index in [2.05, 4.69) is 76.3 Å². The van der Waals surface area contributed by atoms with E-state index >= 15 is 0 Å². The predicted octanol–water partition coefficient (Wildman–Crippen LogP) is 6.63. The average molecular weight is 386 g/mol. The van der Waals surface area contributed by atoms with E-state index in [1.807, 2.05) is 27.8 Å². The molecule has 0 fully saturated rings. The summed E-state index contributed by atoms with van der Waals surface area (Å²) in [5.41, 5.74) is 5.83. The smallest absolute Gasteiger partial charge is 0.123 e. The number of rotatable bonds is 6. The minimum atomic E-state index is -0.177. The number of carbonyl (C=O) groups excluding carboxylic acids is 1. The first-order valence-electron chi connectivity index (χ1n) is 10.2. The lowest BCUT2D eigenvalue weighted by Crippen LogP contribution is -2.20. The SMILES string of the molecule is CC.CCOc1cc(C)cc(C)c1C(C)(C)CC=O.CNc1ccc(C)cc1. The number of benzene rings is 2. The van der Waals surface area contributed by atoms with Gasteiger partial charge in [0.1, 0.15) is 12.0 Å². The first-order chi connectivity index (χ1) is 13.2. The summed E-state index contributed by atoms with van der Waals surface area (Å²) in [5.74, 6) is 0.914. The Bertz CT molecular complexity index is 703. The minimum absolute atomic E-state index is 0.177. The van der Waals surface area contributed by atoms with Gasteiger partial charge in [-0.15, -0.1) is 0 Å². The molecule has 0 spiro atoms. The molecule has 2 aromatic carbocycles. The van der Waals surface area contributed by atoms with E-state index in [-0.39, 0.29) is 5.41 Å². The van der Waals surface area contributed by atoms with Crippen LogP contribution in [0.25, 0.3) is 0 Å². The molecule has 1 N–H and O–H groups in total. The van der Waals surface area contributed by atoms with E-state index in [0.29, 0.717) is 13.0 Å². The summed E-state index contributed by atoms with van der Waals surface area (Å²) >= 11 is 0. The Hall–Kier alpha value is -2.29. The van der Waals surface area contributed by atoms with Crippen LogP contribution in [0.4, 0.5) is 5.69 Å². The fourth-order valence-electron chi connectivity index (χ4n) is 3.10. The maximum atomic E-state index is 10.8. The number of hydrogen-bond acceptors (Lipinski definition) is 3. The van der Waals surface area contributed by atoms with Crippen LogP contribution in [-0.2, 0) is 10.2 Å². The zero-order valence-electron chi connectivity index (χ0n) is 19.3. The highest BCUT2D eigenvalue weighted by molar-refractivity contribution is 5.56. The summed E-state index contributed by atoms with van der Waals surface area (Å²) in [4.78, 5) is 10.8. The van der Waals surface area contributed by atoms with Crippen molar-refractivity contribution in [1.29, 1.82) is 0 Å². The summed E-state index contributed by atoms with van der Waals surface area (Å²) in [7, 11) is 1.92. The van der Waals surface area contributed by atoms with Crippen molar-refractivity contribution in [2.24, 2.45) is 0 Å². The number of hydrogen-bond donors (Lipinski definition) is 1. The summed E-state index contributed by atoms with van der Waals surface area (Å²) < 4.78 is 5.72. The van der Waals surface area contributed by atoms with Gasteiger partial charge in [-0.25, -0.2) is 0 Å². The molecule has 0 bridgehead atoms. The largest absolute Gasteiger partial charge is 0.494 e. The molecule has 0 aliphatic rings. The zero-order valence-corrected chi connectivity index (χ0v) is 19.3. The standard InChI is InChI=1S/C15H22O2.C8H11N.C2H6/c1-6-17-13-10-11(2)9-12(3)14(13)15(4,5)7-8-16;1-7-3-5-8(9-2)6-4-7;1-2/h8-10H,6-7H2,1-5H3;3-6,9H,1-2H3;1-2H3. The van der Waals surface area contributed by atoms with Gasteiger partial charge in [0.05, 0.1) is 6.61 Å². The molecule has 3 nitrogen and oxygen atoms in total. The van der Waals surface area contributed by atoms with Gasteiger partial charge in [-0.3, -0.25) is 0 Å². The van der Waals surface area contributed by atoms with Gasteiger partial charge in [-0.05, 0) is 57.0 Å². The van der Waals surface area contributed by atoms with Gasteiger partial charge in [-0.2, -0.15) is 0 Å². The van der Waals surface area contributed by atoms with E-state index in [0.717, 1.165) is 17.6 Å². The highest BCUT2D eigenvalue weighted by Crippen LogP contribution is 2.37. The fourth-order valence-corrected chi connectivity index (χ4v) is 3.10. The molecule has 28 heavy (non-hydrogen) atoms. The Balaban J connectivity index is 0.000000556. The van der Waals surface area contributed by atoms with Gasteiger partial charge in [0.15, 0.2) is 0 Å². The Morgan fingerprint density at radius 2 is 1.57 bits per heavy atom. The van der Waals surface area contributed by atoms with Gasteiger partial charge in [0.2, 0.25) is 0 Å². The van der Waals surface area contributed by atoms with Crippen molar-refractivity contribution in [3.8, 4) is 5.75 Å². The van der Waals surface area contributed by atoms with E-state index in [1.54, 1.807) is 0 Å². The van der Waals surface area contributed by atoms with Crippen molar-refractivity contribution >= 4 is 12.0 Å². The number of ether oxygens (including phenoxy) is 1. The molecule has 3 heteroatoms. The maximum Gasteiger partial charge on any atom is 0.123 e. The summed E-state index contributed by atoms with van der Waals surface area (Å²) in [6, 6.07) is 12.5. The second-order valence-corrected chi connectivity index (χ2v) is 7.26. The first-order valence-corrected chi connectivity index (χ1v) is 10.2. The molecule has 0 radical (unpaired) electrons. The Morgan fingerprint density at radius 3 is 2.04 bits per heavy atom. The van der Waals surface area contributed by atoms with Crippen molar-refractivity contribution < 1.29 is 9.53 Å². The zero-order chi connectivity index (χ0) is 21.7. The van der Waals surface area contributed by atoms with Gasteiger partial charge < -0.3 is 14.8 Å². The first kappa shape index (κ1) is 25.7. The topological polar surface area (TPSA) is 38.3 Å². The van der Waals surface area contributed by atoms with Crippen LogP contribution in [0.2, 0.25) is 0 Å². The second kappa shape index (κ2) is 13.0. The monoisotopic (exact) mass is 385 g/mol. The number of anilines is 1. The number of carbonyl (C=O) groups is 1. The molecular formula is C25H39NO2. The molecular weight excluding hydrogens is 346 g/mol. The number of nitrogens with one attached hydrogen (secondary N) is 1. The minimum Gasteiger partial charge on any atom is -0.494 e. The molecule has 0 saturated heterocycles. The third-order valence-corrected chi connectivity index (χ3v) is 4.35. The Kier molecular flexibility index (Phi) is 11.9. The molecule has 0 aromatic heterocycles. The van der Waals surface area contributed by atoms with Crippen LogP contribution >= 0.6 is 0 Å². The molecule has 0 aliphatic heterocycles. The van der Waals surface area contributed by atoms with E-state index in [9.17, 15) is 4.79 Å². The lowest BCUT2D eigenvalue weighted by Gasteiger charge is -2.27. The molecule has 2 rings (SSSR count). The highest BCUT2D eigenvalue weighted by atomic mass is 16.5. The van der Waals surface area contributed by atoms with E-state index in [1.165, 1.54) is 22.4 Å². The van der Waals surface area contributed by atoms with Gasteiger partial charge in [-0.1, -0.05) is 51.5 Å². The molecule has 0 unspecified atom stereocenters. The van der Waals surface area contributed by atoms with Gasteiger partial charge in [0, 0.05) is 30.1 Å². The molecule has 0 aliphatic carbocycles. The van der Waals surface area contributed by atoms with E-state index in [4.69, 9.17) is 4.74 Å². The third-order valence-electron chi connectivity index (χ3n) is 4.35. The fraction of sp³-hybridized carbons (Fsp3) is 0.480. The summed E-state index contributed by atoms with van der Waals surface area (Å²) in [5, 5.41) is 3.05. The number of aryl methyl sites for hydroxylation is 3. The van der Waals surface area contributed by atoms with Crippen LogP contribution in [0.5, 0.6) is 5.75 Å². The molecule has 0 amide bonds. The maximum absolute atomic E-state index is 10.8. The van der Waals surface area contributed by atoms with Crippen LogP contribution in [0.15, 0.2) is 36.4 Å².